The van der Waals surface area contributed by atoms with Crippen LogP contribution < -0.4 is 0 Å². The Morgan fingerprint density at radius 1 is 1.06 bits per heavy atom. The molecule has 2 nitrogen and oxygen atoms in total. The van der Waals surface area contributed by atoms with Crippen LogP contribution in [0.4, 0.5) is 0 Å². The minimum Gasteiger partial charge on any atom is -0.349 e. The quantitative estimate of drug-likeness (QED) is 0.660. The first-order valence-corrected chi connectivity index (χ1v) is 7.24. The van der Waals surface area contributed by atoms with Crippen molar-refractivity contribution in [2.24, 2.45) is 5.41 Å². The van der Waals surface area contributed by atoms with Crippen molar-refractivity contribution in [3.63, 3.8) is 0 Å². The summed E-state index contributed by atoms with van der Waals surface area (Å²) < 4.78 is 12.0. The van der Waals surface area contributed by atoms with Gasteiger partial charge in [-0.25, -0.2) is 0 Å². The van der Waals surface area contributed by atoms with Gasteiger partial charge in [0.05, 0.1) is 12.2 Å². The van der Waals surface area contributed by atoms with Crippen molar-refractivity contribution in [3.05, 3.63) is 0 Å². The molecular formula is C15H30O2. The Hall–Kier alpha value is -0.0800. The van der Waals surface area contributed by atoms with Crippen LogP contribution in [-0.4, -0.2) is 18.5 Å². The lowest BCUT2D eigenvalue weighted by Crippen LogP contribution is -2.43. The minimum absolute atomic E-state index is 0.0394. The summed E-state index contributed by atoms with van der Waals surface area (Å²) in [4.78, 5) is 0. The van der Waals surface area contributed by atoms with Gasteiger partial charge in [0.2, 0.25) is 0 Å². The van der Waals surface area contributed by atoms with Crippen LogP contribution in [-0.2, 0) is 9.47 Å². The average molecular weight is 242 g/mol. The van der Waals surface area contributed by atoms with Crippen molar-refractivity contribution in [2.75, 3.05) is 0 Å². The Morgan fingerprint density at radius 3 is 2.35 bits per heavy atom. The Morgan fingerprint density at radius 2 is 1.76 bits per heavy atom. The molecule has 0 bridgehead atoms. The molecule has 0 radical (unpaired) electrons. The molecule has 1 heterocycles. The first kappa shape index (κ1) is 15.0. The lowest BCUT2D eigenvalue weighted by atomic mass is 9.94. The van der Waals surface area contributed by atoms with Gasteiger partial charge in [0.15, 0.2) is 6.29 Å². The zero-order valence-corrected chi connectivity index (χ0v) is 12.3. The molecule has 0 aromatic rings. The summed E-state index contributed by atoms with van der Waals surface area (Å²) in [5.41, 5.74) is 0.0797. The predicted molar refractivity (Wildman–Crippen MR) is 72.0 cm³/mol. The van der Waals surface area contributed by atoms with Crippen molar-refractivity contribution in [1.82, 2.24) is 0 Å². The van der Waals surface area contributed by atoms with E-state index in [9.17, 15) is 0 Å². The molecule has 0 N–H and O–H groups in total. The van der Waals surface area contributed by atoms with Crippen molar-refractivity contribution in [2.45, 2.75) is 91.6 Å². The van der Waals surface area contributed by atoms with Gasteiger partial charge in [-0.2, -0.15) is 0 Å². The van der Waals surface area contributed by atoms with E-state index in [0.29, 0.717) is 12.2 Å². The second kappa shape index (κ2) is 6.75. The van der Waals surface area contributed by atoms with E-state index >= 15 is 0 Å². The van der Waals surface area contributed by atoms with Gasteiger partial charge in [-0.15, -0.1) is 0 Å². The highest BCUT2D eigenvalue weighted by atomic mass is 16.7. The molecule has 0 aromatic carbocycles. The Balaban J connectivity index is 2.35. The van der Waals surface area contributed by atoms with Crippen LogP contribution in [0, 0.1) is 5.41 Å². The highest BCUT2D eigenvalue weighted by Gasteiger charge is 2.35. The van der Waals surface area contributed by atoms with Gasteiger partial charge >= 0.3 is 0 Å². The standard InChI is InChI=1S/C15H30O2/c1-6-7-8-9-10-13-11-12(2)16-14(17-13)15(3,4)5/h12-14H,6-11H2,1-5H3/t12-,13-,14+/m0/s1. The summed E-state index contributed by atoms with van der Waals surface area (Å²) in [6, 6.07) is 0. The third-order valence-corrected chi connectivity index (χ3v) is 3.35. The Bertz CT molecular complexity index is 207. The summed E-state index contributed by atoms with van der Waals surface area (Å²) >= 11 is 0. The SMILES string of the molecule is CCCCCC[C@H]1C[C@H](C)O[C@@H](C(C)(C)C)O1. The third kappa shape index (κ3) is 5.39. The van der Waals surface area contributed by atoms with Crippen LogP contribution in [0.15, 0.2) is 0 Å². The van der Waals surface area contributed by atoms with Gasteiger partial charge in [0, 0.05) is 5.41 Å². The average Bonchev–Trinajstić information content (AvgIpc) is 2.22. The molecule has 2 heteroatoms. The fourth-order valence-electron chi connectivity index (χ4n) is 2.29. The molecule has 3 atom stereocenters. The molecule has 1 aliphatic heterocycles. The highest BCUT2D eigenvalue weighted by Crippen LogP contribution is 2.32. The van der Waals surface area contributed by atoms with E-state index in [-0.39, 0.29) is 11.7 Å². The van der Waals surface area contributed by atoms with E-state index in [1.807, 2.05) is 0 Å². The fraction of sp³-hybridized carbons (Fsp3) is 1.00. The second-order valence-electron chi connectivity index (χ2n) is 6.49. The summed E-state index contributed by atoms with van der Waals surface area (Å²) in [6.45, 7) is 11.0. The van der Waals surface area contributed by atoms with E-state index in [4.69, 9.17) is 9.47 Å². The molecule has 0 aromatic heterocycles. The highest BCUT2D eigenvalue weighted by molar-refractivity contribution is 4.76. The normalized spacial score (nSPS) is 30.5. The van der Waals surface area contributed by atoms with Crippen LogP contribution in [0.3, 0.4) is 0 Å². The molecular weight excluding hydrogens is 212 g/mol. The number of unbranched alkanes of at least 4 members (excludes halogenated alkanes) is 3. The second-order valence-corrected chi connectivity index (χ2v) is 6.49. The van der Waals surface area contributed by atoms with E-state index in [1.54, 1.807) is 0 Å². The maximum atomic E-state index is 6.08. The lowest BCUT2D eigenvalue weighted by molar-refractivity contribution is -0.276. The molecule has 1 fully saturated rings. The molecule has 1 aliphatic rings. The number of hydrogen-bond donors (Lipinski definition) is 0. The lowest BCUT2D eigenvalue weighted by Gasteiger charge is -2.40. The number of ether oxygens (including phenoxy) is 2. The Kier molecular flexibility index (Phi) is 5.94. The predicted octanol–water partition coefficient (Wildman–Crippen LogP) is 4.52. The van der Waals surface area contributed by atoms with Gasteiger partial charge < -0.3 is 9.47 Å². The van der Waals surface area contributed by atoms with E-state index < -0.39 is 0 Å². The molecule has 0 amide bonds. The molecule has 102 valence electrons. The van der Waals surface area contributed by atoms with Crippen molar-refractivity contribution in [1.29, 1.82) is 0 Å². The van der Waals surface area contributed by atoms with Crippen LogP contribution in [0.1, 0.15) is 73.1 Å². The maximum absolute atomic E-state index is 6.08. The molecule has 1 rings (SSSR count). The number of rotatable bonds is 5. The van der Waals surface area contributed by atoms with Gasteiger partial charge in [-0.3, -0.25) is 0 Å². The van der Waals surface area contributed by atoms with Crippen LogP contribution in [0.2, 0.25) is 0 Å². The van der Waals surface area contributed by atoms with Crippen LogP contribution in [0.5, 0.6) is 0 Å². The molecule has 0 aliphatic carbocycles. The zero-order chi connectivity index (χ0) is 12.9. The van der Waals surface area contributed by atoms with Crippen molar-refractivity contribution in [3.8, 4) is 0 Å². The van der Waals surface area contributed by atoms with Gasteiger partial charge in [-0.05, 0) is 19.8 Å². The number of hydrogen-bond acceptors (Lipinski definition) is 2. The third-order valence-electron chi connectivity index (χ3n) is 3.35. The summed E-state index contributed by atoms with van der Waals surface area (Å²) in [5, 5.41) is 0. The Labute approximate surface area is 107 Å². The van der Waals surface area contributed by atoms with Crippen molar-refractivity contribution < 1.29 is 9.47 Å². The fourth-order valence-corrected chi connectivity index (χ4v) is 2.29. The van der Waals surface area contributed by atoms with Gasteiger partial charge in [0.25, 0.3) is 0 Å². The van der Waals surface area contributed by atoms with E-state index in [2.05, 4.69) is 34.6 Å². The molecule has 0 saturated carbocycles. The zero-order valence-electron chi connectivity index (χ0n) is 12.3. The smallest absolute Gasteiger partial charge is 0.163 e. The van der Waals surface area contributed by atoms with Gasteiger partial charge in [0.1, 0.15) is 0 Å². The van der Waals surface area contributed by atoms with Crippen LogP contribution >= 0.6 is 0 Å². The summed E-state index contributed by atoms with van der Waals surface area (Å²) in [5.74, 6) is 0. The van der Waals surface area contributed by atoms with E-state index in [1.165, 1.54) is 32.1 Å². The minimum atomic E-state index is -0.0394. The topological polar surface area (TPSA) is 18.5 Å². The molecule has 17 heavy (non-hydrogen) atoms. The van der Waals surface area contributed by atoms with Crippen molar-refractivity contribution >= 4 is 0 Å². The van der Waals surface area contributed by atoms with Gasteiger partial charge in [-0.1, -0.05) is 53.4 Å². The summed E-state index contributed by atoms with van der Waals surface area (Å²) in [6.07, 6.45) is 8.23. The molecule has 0 unspecified atom stereocenters. The molecule has 0 spiro atoms. The summed E-state index contributed by atoms with van der Waals surface area (Å²) in [7, 11) is 0. The first-order chi connectivity index (χ1) is 7.93. The van der Waals surface area contributed by atoms with Crippen LogP contribution in [0.25, 0.3) is 0 Å². The van der Waals surface area contributed by atoms with E-state index in [0.717, 1.165) is 6.42 Å². The molecule has 1 saturated heterocycles. The largest absolute Gasteiger partial charge is 0.349 e. The maximum Gasteiger partial charge on any atom is 0.163 e. The monoisotopic (exact) mass is 242 g/mol. The first-order valence-electron chi connectivity index (χ1n) is 7.24.